The van der Waals surface area contributed by atoms with Crippen LogP contribution in [0.25, 0.3) is 0 Å². The molecule has 1 aliphatic rings. The van der Waals surface area contributed by atoms with Crippen molar-refractivity contribution in [2.24, 2.45) is 0 Å². The number of aromatic amines is 1. The van der Waals surface area contributed by atoms with Crippen molar-refractivity contribution >= 4 is 12.2 Å². The number of amides is 1. The van der Waals surface area contributed by atoms with Crippen molar-refractivity contribution in [2.75, 3.05) is 13.1 Å². The van der Waals surface area contributed by atoms with Crippen molar-refractivity contribution in [3.05, 3.63) is 22.5 Å². The predicted octanol–water partition coefficient (Wildman–Crippen LogP) is 0.536. The Morgan fingerprint density at radius 2 is 2.24 bits per heavy atom. The van der Waals surface area contributed by atoms with Crippen LogP contribution in [0.4, 0.5) is 0 Å². The fourth-order valence-electron chi connectivity index (χ4n) is 2.27. The fourth-order valence-corrected chi connectivity index (χ4v) is 2.27. The molecule has 1 saturated heterocycles. The van der Waals surface area contributed by atoms with Crippen molar-refractivity contribution in [1.82, 2.24) is 15.6 Å². The number of rotatable bonds is 3. The zero-order valence-corrected chi connectivity index (χ0v) is 10.1. The van der Waals surface area contributed by atoms with Crippen molar-refractivity contribution in [1.29, 1.82) is 0 Å². The predicted molar refractivity (Wildman–Crippen MR) is 64.4 cm³/mol. The molecular formula is C12H17N3O2. The zero-order chi connectivity index (χ0) is 12.4. The second-order valence-electron chi connectivity index (χ2n) is 4.44. The first-order chi connectivity index (χ1) is 8.13. The fraction of sp³-hybridized carbons (Fsp3) is 0.500. The summed E-state index contributed by atoms with van der Waals surface area (Å²) in [5.74, 6) is -0.0990. The van der Waals surface area contributed by atoms with Gasteiger partial charge >= 0.3 is 0 Å². The van der Waals surface area contributed by atoms with Gasteiger partial charge < -0.3 is 15.6 Å². The van der Waals surface area contributed by atoms with Gasteiger partial charge in [0, 0.05) is 18.3 Å². The first-order valence-electron chi connectivity index (χ1n) is 5.79. The third-order valence-electron chi connectivity index (χ3n) is 3.22. The van der Waals surface area contributed by atoms with E-state index in [4.69, 9.17) is 0 Å². The normalized spacial score (nSPS) is 19.3. The Hall–Kier alpha value is -1.62. The summed E-state index contributed by atoms with van der Waals surface area (Å²) in [6.45, 7) is 5.35. The minimum absolute atomic E-state index is 0.0990. The van der Waals surface area contributed by atoms with Crippen LogP contribution in [-0.4, -0.2) is 36.3 Å². The highest BCUT2D eigenvalue weighted by atomic mass is 16.1. The van der Waals surface area contributed by atoms with E-state index in [2.05, 4.69) is 15.6 Å². The summed E-state index contributed by atoms with van der Waals surface area (Å²) in [6.07, 6.45) is 1.70. The SMILES string of the molecule is Cc1[nH]c(C=O)c(C)c1C(=O)NC1CCNC1. The second-order valence-corrected chi connectivity index (χ2v) is 4.44. The summed E-state index contributed by atoms with van der Waals surface area (Å²) in [7, 11) is 0. The van der Waals surface area contributed by atoms with E-state index in [0.717, 1.165) is 37.1 Å². The van der Waals surface area contributed by atoms with Gasteiger partial charge in [-0.25, -0.2) is 0 Å². The van der Waals surface area contributed by atoms with Crippen LogP contribution in [0.5, 0.6) is 0 Å². The van der Waals surface area contributed by atoms with Crippen molar-refractivity contribution < 1.29 is 9.59 Å². The van der Waals surface area contributed by atoms with Gasteiger partial charge in [-0.15, -0.1) is 0 Å². The minimum atomic E-state index is -0.0990. The van der Waals surface area contributed by atoms with Crippen molar-refractivity contribution in [3.63, 3.8) is 0 Å². The molecule has 92 valence electrons. The quantitative estimate of drug-likeness (QED) is 0.669. The van der Waals surface area contributed by atoms with Gasteiger partial charge in [0.25, 0.3) is 5.91 Å². The summed E-state index contributed by atoms with van der Waals surface area (Å²) in [6, 6.07) is 0.191. The number of nitrogens with one attached hydrogen (secondary N) is 3. The molecule has 5 nitrogen and oxygen atoms in total. The van der Waals surface area contributed by atoms with E-state index < -0.39 is 0 Å². The van der Waals surface area contributed by atoms with E-state index in [0.29, 0.717) is 11.3 Å². The number of hydrogen-bond donors (Lipinski definition) is 3. The number of H-pyrrole nitrogens is 1. The third-order valence-corrected chi connectivity index (χ3v) is 3.22. The first-order valence-corrected chi connectivity index (χ1v) is 5.79. The van der Waals surface area contributed by atoms with Gasteiger partial charge in [-0.3, -0.25) is 9.59 Å². The maximum absolute atomic E-state index is 12.1. The lowest BCUT2D eigenvalue weighted by Crippen LogP contribution is -2.36. The van der Waals surface area contributed by atoms with E-state index in [-0.39, 0.29) is 11.9 Å². The Morgan fingerprint density at radius 1 is 1.47 bits per heavy atom. The Morgan fingerprint density at radius 3 is 2.76 bits per heavy atom. The largest absolute Gasteiger partial charge is 0.356 e. The van der Waals surface area contributed by atoms with Crippen LogP contribution in [0.2, 0.25) is 0 Å². The molecule has 2 rings (SSSR count). The lowest BCUT2D eigenvalue weighted by atomic mass is 10.1. The van der Waals surface area contributed by atoms with Gasteiger partial charge in [0.2, 0.25) is 0 Å². The highest BCUT2D eigenvalue weighted by Gasteiger charge is 2.22. The molecule has 0 aromatic carbocycles. The zero-order valence-electron chi connectivity index (χ0n) is 10.1. The van der Waals surface area contributed by atoms with Gasteiger partial charge in [0.15, 0.2) is 6.29 Å². The van der Waals surface area contributed by atoms with E-state index >= 15 is 0 Å². The molecule has 1 aromatic heterocycles. The molecule has 0 bridgehead atoms. The molecule has 0 spiro atoms. The summed E-state index contributed by atoms with van der Waals surface area (Å²) >= 11 is 0. The van der Waals surface area contributed by atoms with Gasteiger partial charge in [-0.2, -0.15) is 0 Å². The average molecular weight is 235 g/mol. The molecule has 0 aliphatic carbocycles. The standard InChI is InChI=1S/C12H17N3O2/c1-7-10(6-16)14-8(2)11(7)12(17)15-9-3-4-13-5-9/h6,9,13-14H,3-5H2,1-2H3,(H,15,17). The molecule has 0 radical (unpaired) electrons. The van der Waals surface area contributed by atoms with Crippen LogP contribution in [0, 0.1) is 13.8 Å². The number of aldehydes is 1. The maximum atomic E-state index is 12.1. The van der Waals surface area contributed by atoms with Crippen LogP contribution in [-0.2, 0) is 0 Å². The molecule has 1 aromatic rings. The molecule has 17 heavy (non-hydrogen) atoms. The number of aromatic nitrogens is 1. The van der Waals surface area contributed by atoms with Crippen molar-refractivity contribution in [3.8, 4) is 0 Å². The number of hydrogen-bond acceptors (Lipinski definition) is 3. The molecule has 0 saturated carbocycles. The van der Waals surface area contributed by atoms with Crippen LogP contribution in [0.3, 0.4) is 0 Å². The van der Waals surface area contributed by atoms with Crippen LogP contribution >= 0.6 is 0 Å². The van der Waals surface area contributed by atoms with E-state index in [1.165, 1.54) is 0 Å². The summed E-state index contributed by atoms with van der Waals surface area (Å²) in [4.78, 5) is 25.8. The molecule has 1 aliphatic heterocycles. The van der Waals surface area contributed by atoms with E-state index in [1.807, 2.05) is 6.92 Å². The van der Waals surface area contributed by atoms with Gasteiger partial charge in [0.05, 0.1) is 11.3 Å². The van der Waals surface area contributed by atoms with Gasteiger partial charge in [-0.05, 0) is 32.4 Å². The Kier molecular flexibility index (Phi) is 3.28. The van der Waals surface area contributed by atoms with Gasteiger partial charge in [0.1, 0.15) is 0 Å². The topological polar surface area (TPSA) is 74.0 Å². The molecule has 1 unspecified atom stereocenters. The minimum Gasteiger partial charge on any atom is -0.356 e. The third kappa shape index (κ3) is 2.24. The molecule has 2 heterocycles. The molecule has 5 heteroatoms. The lowest BCUT2D eigenvalue weighted by molar-refractivity contribution is 0.0939. The Balaban J connectivity index is 2.18. The molecule has 1 atom stereocenters. The van der Waals surface area contributed by atoms with Crippen LogP contribution in [0.1, 0.15) is 38.5 Å². The monoisotopic (exact) mass is 235 g/mol. The summed E-state index contributed by atoms with van der Waals surface area (Å²) < 4.78 is 0. The molecule has 1 fully saturated rings. The number of aryl methyl sites for hydroxylation is 1. The van der Waals surface area contributed by atoms with Gasteiger partial charge in [-0.1, -0.05) is 0 Å². The smallest absolute Gasteiger partial charge is 0.253 e. The maximum Gasteiger partial charge on any atom is 0.253 e. The highest BCUT2D eigenvalue weighted by Crippen LogP contribution is 2.16. The van der Waals surface area contributed by atoms with Crippen LogP contribution in [0.15, 0.2) is 0 Å². The van der Waals surface area contributed by atoms with Crippen LogP contribution < -0.4 is 10.6 Å². The van der Waals surface area contributed by atoms with Crippen molar-refractivity contribution in [2.45, 2.75) is 26.3 Å². The highest BCUT2D eigenvalue weighted by molar-refractivity contribution is 5.99. The number of carbonyl (C=O) groups is 2. The molecule has 1 amide bonds. The summed E-state index contributed by atoms with van der Waals surface area (Å²) in [5.41, 5.74) is 2.55. The first kappa shape index (κ1) is 11.9. The second kappa shape index (κ2) is 4.71. The Bertz CT molecular complexity index is 445. The van der Waals surface area contributed by atoms with E-state index in [9.17, 15) is 9.59 Å². The molecule has 3 N–H and O–H groups in total. The number of carbonyl (C=O) groups excluding carboxylic acids is 2. The molecular weight excluding hydrogens is 218 g/mol. The average Bonchev–Trinajstić information content (AvgIpc) is 2.87. The summed E-state index contributed by atoms with van der Waals surface area (Å²) in [5, 5.41) is 6.17. The lowest BCUT2D eigenvalue weighted by Gasteiger charge is -2.11. The van der Waals surface area contributed by atoms with E-state index in [1.54, 1.807) is 6.92 Å². The Labute approximate surface area is 100.0 Å².